The van der Waals surface area contributed by atoms with Gasteiger partial charge < -0.3 is 9.30 Å². The van der Waals surface area contributed by atoms with Crippen molar-refractivity contribution in [1.82, 2.24) is 4.57 Å². The summed E-state index contributed by atoms with van der Waals surface area (Å²) in [5.74, 6) is -0.772. The lowest BCUT2D eigenvalue weighted by Gasteiger charge is -2.02. The largest absolute Gasteiger partial charge is 0.468 e. The molecule has 0 bridgehead atoms. The van der Waals surface area contributed by atoms with Gasteiger partial charge >= 0.3 is 5.97 Å². The molecule has 0 fully saturated rings. The Hall–Kier alpha value is -2.99. The molecular weight excluding hydrogens is 336 g/mol. The maximum atomic E-state index is 12.2. The van der Waals surface area contributed by atoms with E-state index in [1.54, 1.807) is 10.6 Å². The summed E-state index contributed by atoms with van der Waals surface area (Å²) in [7, 11) is 1.34. The predicted octanol–water partition coefficient (Wildman–Crippen LogP) is 3.02. The van der Waals surface area contributed by atoms with Crippen molar-refractivity contribution in [1.29, 1.82) is 0 Å². The molecule has 6 heteroatoms. The molecule has 5 nitrogen and oxygen atoms in total. The first-order valence-corrected chi connectivity index (χ1v) is 8.46. The summed E-state index contributed by atoms with van der Waals surface area (Å²) in [4.78, 5) is 28.5. The first kappa shape index (κ1) is 16.9. The van der Waals surface area contributed by atoms with Gasteiger partial charge in [0.2, 0.25) is 0 Å². The molecule has 1 amide bonds. The summed E-state index contributed by atoms with van der Waals surface area (Å²) in [5, 5.41) is 0. The Morgan fingerprint density at radius 1 is 1.12 bits per heavy atom. The number of methoxy groups -OCH3 is 1. The molecule has 0 atom stereocenters. The molecule has 0 saturated heterocycles. The van der Waals surface area contributed by atoms with Gasteiger partial charge in [0, 0.05) is 6.08 Å². The fraction of sp³-hybridized carbons (Fsp3) is 0.105. The van der Waals surface area contributed by atoms with Crippen LogP contribution in [0.1, 0.15) is 5.56 Å². The first-order valence-electron chi connectivity index (χ1n) is 7.64. The van der Waals surface area contributed by atoms with Gasteiger partial charge in [0.05, 0.1) is 17.3 Å². The van der Waals surface area contributed by atoms with Gasteiger partial charge in [-0.1, -0.05) is 53.8 Å². The van der Waals surface area contributed by atoms with Crippen LogP contribution in [-0.2, 0) is 20.9 Å². The zero-order valence-electron chi connectivity index (χ0n) is 13.6. The van der Waals surface area contributed by atoms with Gasteiger partial charge in [-0.3, -0.25) is 9.59 Å². The van der Waals surface area contributed by atoms with Gasteiger partial charge in [-0.15, -0.1) is 0 Å². The minimum atomic E-state index is -0.391. The highest BCUT2D eigenvalue weighted by atomic mass is 32.1. The minimum absolute atomic E-state index is 0.00895. The zero-order chi connectivity index (χ0) is 17.6. The molecule has 1 aromatic heterocycles. The minimum Gasteiger partial charge on any atom is -0.468 e. The van der Waals surface area contributed by atoms with E-state index < -0.39 is 5.97 Å². The Labute approximate surface area is 148 Å². The fourth-order valence-electron chi connectivity index (χ4n) is 2.32. The average Bonchev–Trinajstić information content (AvgIpc) is 2.98. The van der Waals surface area contributed by atoms with Crippen molar-refractivity contribution >= 4 is 39.5 Å². The van der Waals surface area contributed by atoms with E-state index in [4.69, 9.17) is 4.74 Å². The summed E-state index contributed by atoms with van der Waals surface area (Å²) in [6, 6.07) is 17.1. The van der Waals surface area contributed by atoms with Crippen molar-refractivity contribution in [2.75, 3.05) is 7.11 Å². The number of carbonyl (C=O) groups is 2. The molecule has 2 aromatic carbocycles. The number of para-hydroxylation sites is 1. The van der Waals surface area contributed by atoms with E-state index in [1.165, 1.54) is 24.5 Å². The predicted molar refractivity (Wildman–Crippen MR) is 97.9 cm³/mol. The number of carbonyl (C=O) groups excluding carboxylic acids is 2. The third kappa shape index (κ3) is 4.10. The van der Waals surface area contributed by atoms with Crippen LogP contribution in [0.3, 0.4) is 0 Å². The van der Waals surface area contributed by atoms with E-state index in [1.807, 2.05) is 54.6 Å². The molecule has 126 valence electrons. The fourth-order valence-corrected chi connectivity index (χ4v) is 3.35. The number of esters is 1. The van der Waals surface area contributed by atoms with Crippen LogP contribution in [0.4, 0.5) is 0 Å². The molecule has 0 aliphatic rings. The molecule has 0 saturated carbocycles. The molecule has 3 aromatic rings. The van der Waals surface area contributed by atoms with E-state index >= 15 is 0 Å². The van der Waals surface area contributed by atoms with Crippen molar-refractivity contribution in [3.8, 4) is 0 Å². The number of hydrogen-bond acceptors (Lipinski definition) is 4. The summed E-state index contributed by atoms with van der Waals surface area (Å²) < 4.78 is 7.39. The molecule has 0 aliphatic carbocycles. The molecule has 0 N–H and O–H groups in total. The second kappa shape index (κ2) is 7.72. The molecule has 25 heavy (non-hydrogen) atoms. The molecule has 0 radical (unpaired) electrons. The van der Waals surface area contributed by atoms with Gasteiger partial charge in [0.15, 0.2) is 4.80 Å². The second-order valence-corrected chi connectivity index (χ2v) is 6.22. The standard InChI is InChI=1S/C19H16N2O3S/c1-24-18(23)13-21-15-9-5-6-10-16(15)25-19(21)20-17(22)12-11-14-7-3-2-4-8-14/h2-12H,13H2,1H3. The van der Waals surface area contributed by atoms with E-state index in [-0.39, 0.29) is 12.5 Å². The summed E-state index contributed by atoms with van der Waals surface area (Å²) in [6.07, 6.45) is 3.13. The number of hydrogen-bond donors (Lipinski definition) is 0. The molecule has 3 rings (SSSR count). The smallest absolute Gasteiger partial charge is 0.325 e. The number of aromatic nitrogens is 1. The second-order valence-electron chi connectivity index (χ2n) is 5.21. The van der Waals surface area contributed by atoms with Crippen molar-refractivity contribution in [2.24, 2.45) is 4.99 Å². The monoisotopic (exact) mass is 352 g/mol. The highest BCUT2D eigenvalue weighted by Crippen LogP contribution is 2.16. The van der Waals surface area contributed by atoms with Crippen molar-refractivity contribution in [2.45, 2.75) is 6.54 Å². The number of ether oxygens (including phenoxy) is 1. The third-order valence-corrected chi connectivity index (χ3v) is 4.59. The van der Waals surface area contributed by atoms with Gasteiger partial charge in [-0.25, -0.2) is 0 Å². The Bertz CT molecular complexity index is 1000. The number of thiazole rings is 1. The van der Waals surface area contributed by atoms with Gasteiger partial charge in [0.25, 0.3) is 5.91 Å². The van der Waals surface area contributed by atoms with E-state index in [0.717, 1.165) is 15.8 Å². The quantitative estimate of drug-likeness (QED) is 0.536. The number of nitrogens with zero attached hydrogens (tertiary/aromatic N) is 2. The number of benzene rings is 2. The Morgan fingerprint density at radius 3 is 2.60 bits per heavy atom. The Morgan fingerprint density at radius 2 is 1.84 bits per heavy atom. The molecule has 1 heterocycles. The van der Waals surface area contributed by atoms with Crippen LogP contribution in [0, 0.1) is 0 Å². The molecule has 0 unspecified atom stereocenters. The van der Waals surface area contributed by atoms with Crippen molar-refractivity contribution in [3.05, 3.63) is 71.0 Å². The van der Waals surface area contributed by atoms with Crippen LogP contribution in [0.2, 0.25) is 0 Å². The first-order chi connectivity index (χ1) is 12.2. The lowest BCUT2D eigenvalue weighted by molar-refractivity contribution is -0.141. The zero-order valence-corrected chi connectivity index (χ0v) is 14.4. The Balaban J connectivity index is 1.97. The van der Waals surface area contributed by atoms with Crippen molar-refractivity contribution < 1.29 is 14.3 Å². The lowest BCUT2D eigenvalue weighted by Crippen LogP contribution is -2.22. The topological polar surface area (TPSA) is 60.7 Å². The van der Waals surface area contributed by atoms with E-state index in [0.29, 0.717) is 4.80 Å². The maximum Gasteiger partial charge on any atom is 0.325 e. The van der Waals surface area contributed by atoms with Crippen LogP contribution in [-0.4, -0.2) is 23.6 Å². The maximum absolute atomic E-state index is 12.2. The van der Waals surface area contributed by atoms with Crippen molar-refractivity contribution in [3.63, 3.8) is 0 Å². The van der Waals surface area contributed by atoms with Crippen LogP contribution in [0.25, 0.3) is 16.3 Å². The Kier molecular flexibility index (Phi) is 5.20. The SMILES string of the molecule is COC(=O)Cn1c(=NC(=O)C=Cc2ccccc2)sc2ccccc21. The number of amides is 1. The van der Waals surface area contributed by atoms with E-state index in [9.17, 15) is 9.59 Å². The van der Waals surface area contributed by atoms with Crippen LogP contribution in [0.15, 0.2) is 65.7 Å². The molecule has 0 spiro atoms. The third-order valence-electron chi connectivity index (χ3n) is 3.53. The highest BCUT2D eigenvalue weighted by Gasteiger charge is 2.10. The van der Waals surface area contributed by atoms with Crippen LogP contribution < -0.4 is 4.80 Å². The average molecular weight is 352 g/mol. The van der Waals surface area contributed by atoms with Gasteiger partial charge in [-0.05, 0) is 23.8 Å². The van der Waals surface area contributed by atoms with Gasteiger partial charge in [-0.2, -0.15) is 4.99 Å². The van der Waals surface area contributed by atoms with Crippen LogP contribution in [0.5, 0.6) is 0 Å². The summed E-state index contributed by atoms with van der Waals surface area (Å²) in [5.41, 5.74) is 1.77. The number of rotatable bonds is 4. The highest BCUT2D eigenvalue weighted by molar-refractivity contribution is 7.16. The number of fused-ring (bicyclic) bond motifs is 1. The molecular formula is C19H16N2O3S. The lowest BCUT2D eigenvalue weighted by atomic mass is 10.2. The van der Waals surface area contributed by atoms with Crippen LogP contribution >= 0.6 is 11.3 Å². The van der Waals surface area contributed by atoms with Gasteiger partial charge in [0.1, 0.15) is 6.54 Å². The molecule has 0 aliphatic heterocycles. The van der Waals surface area contributed by atoms with E-state index in [2.05, 4.69) is 4.99 Å². The summed E-state index contributed by atoms with van der Waals surface area (Å²) >= 11 is 1.36. The normalized spacial score (nSPS) is 12.0. The summed E-state index contributed by atoms with van der Waals surface area (Å²) in [6.45, 7) is 0.00895.